The second-order valence-electron chi connectivity index (χ2n) is 4.27. The first-order chi connectivity index (χ1) is 9.15. The fourth-order valence-electron chi connectivity index (χ4n) is 1.66. The van der Waals surface area contributed by atoms with Crippen molar-refractivity contribution in [2.75, 3.05) is 6.54 Å². The first-order valence-electron chi connectivity index (χ1n) is 6.28. The van der Waals surface area contributed by atoms with E-state index >= 15 is 0 Å². The van der Waals surface area contributed by atoms with E-state index in [2.05, 4.69) is 0 Å². The van der Waals surface area contributed by atoms with Gasteiger partial charge in [-0.1, -0.05) is 36.8 Å². The van der Waals surface area contributed by atoms with Crippen molar-refractivity contribution in [2.24, 2.45) is 11.7 Å². The lowest BCUT2D eigenvalue weighted by atomic mass is 10.0. The molecule has 0 saturated carbocycles. The number of aliphatic carboxylic acids is 1. The molecule has 1 aromatic carbocycles. The van der Waals surface area contributed by atoms with E-state index in [1.54, 1.807) is 0 Å². The van der Waals surface area contributed by atoms with E-state index in [1.165, 1.54) is 0 Å². The number of carboxylic acid groups (broad SMARTS) is 1. The molecule has 0 fully saturated rings. The van der Waals surface area contributed by atoms with E-state index in [0.717, 1.165) is 5.56 Å². The average molecular weight is 265 g/mol. The van der Waals surface area contributed by atoms with Crippen molar-refractivity contribution < 1.29 is 19.4 Å². The zero-order valence-electron chi connectivity index (χ0n) is 10.7. The minimum Gasteiger partial charge on any atom is -0.481 e. The Labute approximate surface area is 112 Å². The monoisotopic (exact) mass is 265 g/mol. The minimum atomic E-state index is -1.14. The molecule has 1 aromatic rings. The normalized spacial score (nSPS) is 11.8. The van der Waals surface area contributed by atoms with Crippen LogP contribution in [-0.4, -0.2) is 23.6 Å². The number of rotatable bonds is 8. The van der Waals surface area contributed by atoms with E-state index in [1.807, 2.05) is 30.3 Å². The highest BCUT2D eigenvalue weighted by molar-refractivity contribution is 5.93. The first kappa shape index (κ1) is 15.2. The molecule has 0 unspecified atom stereocenters. The summed E-state index contributed by atoms with van der Waals surface area (Å²) in [6.45, 7) is 0.589. The smallest absolute Gasteiger partial charge is 0.320 e. The zero-order valence-corrected chi connectivity index (χ0v) is 10.7. The van der Waals surface area contributed by atoms with E-state index in [-0.39, 0.29) is 13.0 Å². The van der Waals surface area contributed by atoms with Gasteiger partial charge in [-0.2, -0.15) is 0 Å². The number of carbonyl (C=O) groups is 2. The number of nitrogens with two attached hydrogens (primary N) is 1. The highest BCUT2D eigenvalue weighted by atomic mass is 16.5. The van der Waals surface area contributed by atoms with Gasteiger partial charge in [-0.15, -0.1) is 0 Å². The van der Waals surface area contributed by atoms with Crippen molar-refractivity contribution in [3.05, 3.63) is 35.9 Å². The number of unbranched alkanes of at least 4 members (excludes halogenated alkanes) is 1. The van der Waals surface area contributed by atoms with Crippen molar-refractivity contribution in [2.45, 2.75) is 25.9 Å². The molecule has 1 atom stereocenters. The van der Waals surface area contributed by atoms with E-state index in [0.29, 0.717) is 19.4 Å². The maximum absolute atomic E-state index is 11.7. The Morgan fingerprint density at radius 3 is 2.47 bits per heavy atom. The fourth-order valence-corrected chi connectivity index (χ4v) is 1.66. The van der Waals surface area contributed by atoms with Crippen molar-refractivity contribution in [1.82, 2.24) is 0 Å². The predicted molar refractivity (Wildman–Crippen MR) is 70.3 cm³/mol. The molecule has 5 nitrogen and oxygen atoms in total. The van der Waals surface area contributed by atoms with Crippen LogP contribution in [0, 0.1) is 5.92 Å². The Balaban J connectivity index is 2.46. The summed E-state index contributed by atoms with van der Waals surface area (Å²) in [5, 5.41) is 9.01. The summed E-state index contributed by atoms with van der Waals surface area (Å²) in [7, 11) is 0. The number of esters is 1. The lowest BCUT2D eigenvalue weighted by molar-refractivity contribution is -0.160. The van der Waals surface area contributed by atoms with Gasteiger partial charge in [-0.25, -0.2) is 0 Å². The van der Waals surface area contributed by atoms with Crippen LogP contribution in [0.25, 0.3) is 0 Å². The standard InChI is InChI=1S/C14H19NO4/c15-9-5-4-8-12(13(16)17)14(18)19-10-11-6-2-1-3-7-11/h1-3,6-7,12H,4-5,8-10,15H2,(H,16,17)/t12-/m0/s1. The third-order valence-electron chi connectivity index (χ3n) is 2.75. The molecule has 3 N–H and O–H groups in total. The molecule has 5 heteroatoms. The van der Waals surface area contributed by atoms with Gasteiger partial charge in [0.25, 0.3) is 0 Å². The van der Waals surface area contributed by atoms with Crippen LogP contribution < -0.4 is 5.73 Å². The molecular formula is C14H19NO4. The van der Waals surface area contributed by atoms with Crippen molar-refractivity contribution >= 4 is 11.9 Å². The Hall–Kier alpha value is -1.88. The highest BCUT2D eigenvalue weighted by Crippen LogP contribution is 2.12. The number of benzene rings is 1. The quantitative estimate of drug-likeness (QED) is 0.423. The molecule has 1 rings (SSSR count). The second kappa shape index (κ2) is 8.26. The second-order valence-corrected chi connectivity index (χ2v) is 4.27. The fraction of sp³-hybridized carbons (Fsp3) is 0.429. The van der Waals surface area contributed by atoms with Crippen LogP contribution in [-0.2, 0) is 20.9 Å². The molecule has 0 spiro atoms. The Kier molecular flexibility index (Phi) is 6.60. The van der Waals surface area contributed by atoms with Crippen LogP contribution in [0.2, 0.25) is 0 Å². The maximum Gasteiger partial charge on any atom is 0.320 e. The summed E-state index contributed by atoms with van der Waals surface area (Å²) in [6.07, 6.45) is 1.57. The summed E-state index contributed by atoms with van der Waals surface area (Å²) in [4.78, 5) is 22.7. The Morgan fingerprint density at radius 1 is 1.21 bits per heavy atom. The highest BCUT2D eigenvalue weighted by Gasteiger charge is 2.27. The van der Waals surface area contributed by atoms with Gasteiger partial charge < -0.3 is 15.6 Å². The zero-order chi connectivity index (χ0) is 14.1. The third kappa shape index (κ3) is 5.52. The van der Waals surface area contributed by atoms with Crippen LogP contribution >= 0.6 is 0 Å². The van der Waals surface area contributed by atoms with Crippen LogP contribution in [0.1, 0.15) is 24.8 Å². The summed E-state index contributed by atoms with van der Waals surface area (Å²) in [6, 6.07) is 9.16. The summed E-state index contributed by atoms with van der Waals surface area (Å²) >= 11 is 0. The molecular weight excluding hydrogens is 246 g/mol. The van der Waals surface area contributed by atoms with Crippen molar-refractivity contribution in [1.29, 1.82) is 0 Å². The number of hydrogen-bond acceptors (Lipinski definition) is 4. The molecule has 0 saturated heterocycles. The van der Waals surface area contributed by atoms with Gasteiger partial charge in [0.2, 0.25) is 0 Å². The number of hydrogen-bond donors (Lipinski definition) is 2. The van der Waals surface area contributed by atoms with Gasteiger partial charge in [0.15, 0.2) is 5.92 Å². The van der Waals surface area contributed by atoms with Crippen LogP contribution in [0.5, 0.6) is 0 Å². The van der Waals surface area contributed by atoms with Crippen LogP contribution in [0.4, 0.5) is 0 Å². The molecule has 19 heavy (non-hydrogen) atoms. The van der Waals surface area contributed by atoms with Gasteiger partial charge in [0.1, 0.15) is 6.61 Å². The molecule has 0 aliphatic carbocycles. The van der Waals surface area contributed by atoms with Gasteiger partial charge in [0.05, 0.1) is 0 Å². The molecule has 104 valence electrons. The van der Waals surface area contributed by atoms with Gasteiger partial charge in [-0.05, 0) is 24.9 Å². The molecule has 0 aliphatic rings. The molecule has 0 heterocycles. The summed E-state index contributed by atoms with van der Waals surface area (Å²) < 4.78 is 5.03. The van der Waals surface area contributed by atoms with Crippen LogP contribution in [0.3, 0.4) is 0 Å². The minimum absolute atomic E-state index is 0.0976. The molecule has 0 aromatic heterocycles. The van der Waals surface area contributed by atoms with Crippen molar-refractivity contribution in [3.63, 3.8) is 0 Å². The topological polar surface area (TPSA) is 89.6 Å². The molecule has 0 radical (unpaired) electrons. The number of ether oxygens (including phenoxy) is 1. The number of carbonyl (C=O) groups excluding carboxylic acids is 1. The lowest BCUT2D eigenvalue weighted by Gasteiger charge is -2.11. The predicted octanol–water partition coefficient (Wildman–Crippen LogP) is 1.56. The molecule has 0 aliphatic heterocycles. The SMILES string of the molecule is NCCCC[C@@H](C(=O)O)C(=O)OCc1ccccc1. The first-order valence-corrected chi connectivity index (χ1v) is 6.28. The molecule has 0 amide bonds. The third-order valence-corrected chi connectivity index (χ3v) is 2.75. The van der Waals surface area contributed by atoms with Crippen LogP contribution in [0.15, 0.2) is 30.3 Å². The summed E-state index contributed by atoms with van der Waals surface area (Å²) in [5.41, 5.74) is 6.17. The van der Waals surface area contributed by atoms with Gasteiger partial charge in [0, 0.05) is 0 Å². The lowest BCUT2D eigenvalue weighted by Crippen LogP contribution is -2.26. The largest absolute Gasteiger partial charge is 0.481 e. The van der Waals surface area contributed by atoms with Gasteiger partial charge in [-0.3, -0.25) is 9.59 Å². The molecule has 0 bridgehead atoms. The Bertz CT molecular complexity index is 405. The van der Waals surface area contributed by atoms with E-state index < -0.39 is 17.9 Å². The maximum atomic E-state index is 11.7. The average Bonchev–Trinajstić information content (AvgIpc) is 2.42. The summed E-state index contributed by atoms with van der Waals surface area (Å²) in [5.74, 6) is -2.93. The van der Waals surface area contributed by atoms with E-state index in [4.69, 9.17) is 15.6 Å². The number of carboxylic acids is 1. The Morgan fingerprint density at radius 2 is 1.89 bits per heavy atom. The van der Waals surface area contributed by atoms with E-state index in [9.17, 15) is 9.59 Å². The van der Waals surface area contributed by atoms with Gasteiger partial charge >= 0.3 is 11.9 Å². The van der Waals surface area contributed by atoms with Crippen molar-refractivity contribution in [3.8, 4) is 0 Å².